The fourth-order valence-corrected chi connectivity index (χ4v) is 1.76. The molecule has 0 aliphatic rings. The van der Waals surface area contributed by atoms with Crippen LogP contribution in [-0.2, 0) is 4.79 Å². The number of thiocarbonyl (C=S) groups is 1. The molecule has 104 valence electrons. The SMILES string of the molecule is CCCNC(=S)NCC(=O)Nc1cc(Cl)ccc1Cl. The minimum atomic E-state index is -0.246. The van der Waals surface area contributed by atoms with Crippen molar-refractivity contribution in [1.29, 1.82) is 0 Å². The summed E-state index contributed by atoms with van der Waals surface area (Å²) >= 11 is 16.8. The Hall–Kier alpha value is -1.04. The highest BCUT2D eigenvalue weighted by Crippen LogP contribution is 2.25. The van der Waals surface area contributed by atoms with Crippen molar-refractivity contribution in [3.63, 3.8) is 0 Å². The molecule has 0 spiro atoms. The van der Waals surface area contributed by atoms with E-state index < -0.39 is 0 Å². The van der Waals surface area contributed by atoms with Gasteiger partial charge in [0.2, 0.25) is 5.91 Å². The number of nitrogens with one attached hydrogen (secondary N) is 3. The summed E-state index contributed by atoms with van der Waals surface area (Å²) in [5.74, 6) is -0.246. The molecular formula is C12H15Cl2N3OS. The maximum absolute atomic E-state index is 11.7. The van der Waals surface area contributed by atoms with E-state index >= 15 is 0 Å². The molecule has 0 aliphatic heterocycles. The Balaban J connectivity index is 2.43. The summed E-state index contributed by atoms with van der Waals surface area (Å²) in [7, 11) is 0. The fourth-order valence-electron chi connectivity index (χ4n) is 1.25. The van der Waals surface area contributed by atoms with Crippen molar-refractivity contribution >= 4 is 52.1 Å². The highest BCUT2D eigenvalue weighted by Gasteiger charge is 2.07. The number of benzene rings is 1. The van der Waals surface area contributed by atoms with Crippen molar-refractivity contribution in [3.05, 3.63) is 28.2 Å². The maximum Gasteiger partial charge on any atom is 0.243 e. The lowest BCUT2D eigenvalue weighted by Crippen LogP contribution is -2.40. The summed E-state index contributed by atoms with van der Waals surface area (Å²) < 4.78 is 0. The first-order valence-electron chi connectivity index (χ1n) is 5.79. The number of anilines is 1. The molecule has 0 aromatic heterocycles. The molecule has 3 N–H and O–H groups in total. The third-order valence-corrected chi connectivity index (χ3v) is 3.00. The fraction of sp³-hybridized carbons (Fsp3) is 0.333. The topological polar surface area (TPSA) is 53.2 Å². The molecule has 0 saturated carbocycles. The van der Waals surface area contributed by atoms with Crippen molar-refractivity contribution < 1.29 is 4.79 Å². The minimum Gasteiger partial charge on any atom is -0.363 e. The highest BCUT2D eigenvalue weighted by molar-refractivity contribution is 7.80. The van der Waals surface area contributed by atoms with Gasteiger partial charge in [-0.25, -0.2) is 0 Å². The van der Waals surface area contributed by atoms with Crippen LogP contribution in [0.15, 0.2) is 18.2 Å². The maximum atomic E-state index is 11.7. The number of carbonyl (C=O) groups excluding carboxylic acids is 1. The number of carbonyl (C=O) groups is 1. The second-order valence-corrected chi connectivity index (χ2v) is 5.03. The monoisotopic (exact) mass is 319 g/mol. The van der Waals surface area contributed by atoms with Crippen LogP contribution in [0.2, 0.25) is 10.0 Å². The Labute approximate surface area is 127 Å². The minimum absolute atomic E-state index is 0.0678. The quantitative estimate of drug-likeness (QED) is 0.730. The molecule has 1 rings (SSSR count). The van der Waals surface area contributed by atoms with Gasteiger partial charge in [0, 0.05) is 11.6 Å². The van der Waals surface area contributed by atoms with Crippen LogP contribution in [-0.4, -0.2) is 24.1 Å². The zero-order valence-electron chi connectivity index (χ0n) is 10.4. The van der Waals surface area contributed by atoms with Crippen molar-refractivity contribution in [3.8, 4) is 0 Å². The van der Waals surface area contributed by atoms with E-state index in [0.717, 1.165) is 13.0 Å². The molecule has 0 aliphatic carbocycles. The summed E-state index contributed by atoms with van der Waals surface area (Å²) in [6, 6.07) is 4.87. The zero-order chi connectivity index (χ0) is 14.3. The Morgan fingerprint density at radius 3 is 2.74 bits per heavy atom. The normalized spacial score (nSPS) is 9.84. The van der Waals surface area contributed by atoms with Crippen LogP contribution in [0.3, 0.4) is 0 Å². The number of hydrogen-bond acceptors (Lipinski definition) is 2. The average molecular weight is 320 g/mol. The van der Waals surface area contributed by atoms with E-state index in [1.54, 1.807) is 18.2 Å². The molecule has 1 amide bonds. The molecule has 0 bridgehead atoms. The molecule has 7 heteroatoms. The van der Waals surface area contributed by atoms with Gasteiger partial charge in [-0.3, -0.25) is 4.79 Å². The third-order valence-electron chi connectivity index (χ3n) is 2.15. The molecule has 0 fully saturated rings. The first-order valence-corrected chi connectivity index (χ1v) is 6.96. The van der Waals surface area contributed by atoms with Crippen LogP contribution in [0.1, 0.15) is 13.3 Å². The summed E-state index contributed by atoms with van der Waals surface area (Å²) in [4.78, 5) is 11.7. The predicted octanol–water partition coefficient (Wildman–Crippen LogP) is 2.81. The molecule has 1 aromatic carbocycles. The van der Waals surface area contributed by atoms with E-state index in [1.165, 1.54) is 0 Å². The lowest BCUT2D eigenvalue weighted by atomic mass is 10.3. The van der Waals surface area contributed by atoms with Crippen LogP contribution >= 0.6 is 35.4 Å². The van der Waals surface area contributed by atoms with Crippen LogP contribution < -0.4 is 16.0 Å². The smallest absolute Gasteiger partial charge is 0.243 e. The van der Waals surface area contributed by atoms with Gasteiger partial charge in [-0.05, 0) is 36.8 Å². The first kappa shape index (κ1) is 16.0. The second-order valence-electron chi connectivity index (χ2n) is 3.78. The van der Waals surface area contributed by atoms with Crippen molar-refractivity contribution in [2.75, 3.05) is 18.4 Å². The van der Waals surface area contributed by atoms with Gasteiger partial charge < -0.3 is 16.0 Å². The van der Waals surface area contributed by atoms with E-state index in [2.05, 4.69) is 16.0 Å². The molecular weight excluding hydrogens is 305 g/mol. The van der Waals surface area contributed by atoms with E-state index in [1.807, 2.05) is 6.92 Å². The zero-order valence-corrected chi connectivity index (χ0v) is 12.8. The summed E-state index contributed by atoms with van der Waals surface area (Å²) in [5.41, 5.74) is 0.480. The Morgan fingerprint density at radius 1 is 1.32 bits per heavy atom. The van der Waals surface area contributed by atoms with E-state index in [4.69, 9.17) is 35.4 Å². The van der Waals surface area contributed by atoms with Gasteiger partial charge in [0.25, 0.3) is 0 Å². The Bertz CT molecular complexity index is 468. The van der Waals surface area contributed by atoms with Gasteiger partial charge in [0.05, 0.1) is 17.3 Å². The van der Waals surface area contributed by atoms with Crippen LogP contribution in [0.25, 0.3) is 0 Å². The van der Waals surface area contributed by atoms with Gasteiger partial charge in [0.1, 0.15) is 0 Å². The van der Waals surface area contributed by atoms with E-state index in [9.17, 15) is 4.79 Å². The van der Waals surface area contributed by atoms with E-state index in [0.29, 0.717) is 20.8 Å². The lowest BCUT2D eigenvalue weighted by Gasteiger charge is -2.11. The van der Waals surface area contributed by atoms with Gasteiger partial charge >= 0.3 is 0 Å². The number of halogens is 2. The Morgan fingerprint density at radius 2 is 2.05 bits per heavy atom. The van der Waals surface area contributed by atoms with Gasteiger partial charge in [-0.15, -0.1) is 0 Å². The van der Waals surface area contributed by atoms with Gasteiger partial charge in [-0.2, -0.15) is 0 Å². The van der Waals surface area contributed by atoms with Gasteiger partial charge in [0.15, 0.2) is 5.11 Å². The number of rotatable bonds is 5. The first-order chi connectivity index (χ1) is 9.02. The summed E-state index contributed by atoms with van der Waals surface area (Å²) in [6.07, 6.45) is 0.964. The summed E-state index contributed by atoms with van der Waals surface area (Å²) in [6.45, 7) is 2.87. The molecule has 19 heavy (non-hydrogen) atoms. The molecule has 1 aromatic rings. The largest absolute Gasteiger partial charge is 0.363 e. The van der Waals surface area contributed by atoms with Crippen molar-refractivity contribution in [2.24, 2.45) is 0 Å². The number of amides is 1. The van der Waals surface area contributed by atoms with Crippen LogP contribution in [0.5, 0.6) is 0 Å². The molecule has 0 heterocycles. The standard InChI is InChI=1S/C12H15Cl2N3OS/c1-2-5-15-12(19)16-7-11(18)17-10-6-8(13)3-4-9(10)14/h3-4,6H,2,5,7H2,1H3,(H,17,18)(H2,15,16,19). The Kier molecular flexibility index (Phi) is 6.91. The number of hydrogen-bond donors (Lipinski definition) is 3. The van der Waals surface area contributed by atoms with Crippen LogP contribution in [0, 0.1) is 0 Å². The van der Waals surface area contributed by atoms with Crippen molar-refractivity contribution in [1.82, 2.24) is 10.6 Å². The van der Waals surface area contributed by atoms with E-state index in [-0.39, 0.29) is 12.5 Å². The molecule has 0 unspecified atom stereocenters. The predicted molar refractivity (Wildman–Crippen MR) is 84.0 cm³/mol. The second kappa shape index (κ2) is 8.19. The van der Waals surface area contributed by atoms with Crippen LogP contribution in [0.4, 0.5) is 5.69 Å². The van der Waals surface area contributed by atoms with Crippen molar-refractivity contribution in [2.45, 2.75) is 13.3 Å². The van der Waals surface area contributed by atoms with Gasteiger partial charge in [-0.1, -0.05) is 30.1 Å². The lowest BCUT2D eigenvalue weighted by molar-refractivity contribution is -0.115. The molecule has 4 nitrogen and oxygen atoms in total. The molecule has 0 saturated heterocycles. The third kappa shape index (κ3) is 6.09. The molecule has 0 atom stereocenters. The highest BCUT2D eigenvalue weighted by atomic mass is 35.5. The average Bonchev–Trinajstić information content (AvgIpc) is 2.38. The summed E-state index contributed by atoms with van der Waals surface area (Å²) in [5, 5.41) is 9.82. The molecule has 0 radical (unpaired) electrons.